The summed E-state index contributed by atoms with van der Waals surface area (Å²) in [5.74, 6) is 1.62. The van der Waals surface area contributed by atoms with E-state index in [1.807, 2.05) is 42.7 Å². The average Bonchev–Trinajstić information content (AvgIpc) is 2.89. The van der Waals surface area contributed by atoms with Crippen molar-refractivity contribution in [2.75, 3.05) is 7.11 Å². The first kappa shape index (κ1) is 14.4. The molecule has 0 unspecified atom stereocenters. The van der Waals surface area contributed by atoms with Crippen LogP contribution in [0.5, 0.6) is 5.75 Å². The molecule has 1 aromatic carbocycles. The lowest BCUT2D eigenvalue weighted by Crippen LogP contribution is -2.02. The molecule has 1 aromatic heterocycles. The first-order valence-corrected chi connectivity index (χ1v) is 7.21. The number of nitriles is 1. The highest BCUT2D eigenvalue weighted by Gasteiger charge is 2.15. The van der Waals surface area contributed by atoms with Crippen LogP contribution in [0.25, 0.3) is 11.4 Å². The number of aromatic nitrogens is 3. The molecule has 2 rings (SSSR count). The van der Waals surface area contributed by atoms with Crippen molar-refractivity contribution >= 4 is 11.8 Å². The molecular weight excluding hydrogens is 272 g/mol. The van der Waals surface area contributed by atoms with E-state index in [-0.39, 0.29) is 5.25 Å². The van der Waals surface area contributed by atoms with Crippen molar-refractivity contribution < 1.29 is 4.74 Å². The van der Waals surface area contributed by atoms with Gasteiger partial charge in [-0.15, -0.1) is 10.2 Å². The third kappa shape index (κ3) is 2.94. The van der Waals surface area contributed by atoms with E-state index in [1.54, 1.807) is 7.11 Å². The molecular formula is C14H16N4OS. The molecule has 1 heterocycles. The van der Waals surface area contributed by atoms with E-state index in [1.165, 1.54) is 11.8 Å². The number of hydrogen-bond acceptors (Lipinski definition) is 5. The van der Waals surface area contributed by atoms with Gasteiger partial charge >= 0.3 is 0 Å². The Morgan fingerprint density at radius 3 is 2.60 bits per heavy atom. The van der Waals surface area contributed by atoms with Crippen molar-refractivity contribution in [1.29, 1.82) is 5.26 Å². The summed E-state index contributed by atoms with van der Waals surface area (Å²) in [7, 11) is 1.64. The van der Waals surface area contributed by atoms with Gasteiger partial charge in [-0.2, -0.15) is 5.26 Å². The number of rotatable bonds is 5. The lowest BCUT2D eigenvalue weighted by Gasteiger charge is -2.08. The largest absolute Gasteiger partial charge is 0.497 e. The summed E-state index contributed by atoms with van der Waals surface area (Å²) in [6.45, 7) is 4.65. The van der Waals surface area contributed by atoms with Gasteiger partial charge in [-0.3, -0.25) is 0 Å². The second-order valence-electron chi connectivity index (χ2n) is 4.17. The number of nitrogens with zero attached hydrogens (tertiary/aromatic N) is 4. The van der Waals surface area contributed by atoms with E-state index in [9.17, 15) is 0 Å². The maximum absolute atomic E-state index is 8.90. The van der Waals surface area contributed by atoms with Gasteiger partial charge in [-0.1, -0.05) is 11.8 Å². The zero-order valence-electron chi connectivity index (χ0n) is 11.7. The number of hydrogen-bond donors (Lipinski definition) is 0. The molecule has 0 saturated carbocycles. The van der Waals surface area contributed by atoms with Crippen LogP contribution in [0.1, 0.15) is 13.8 Å². The third-order valence-electron chi connectivity index (χ3n) is 2.85. The van der Waals surface area contributed by atoms with Gasteiger partial charge in [-0.05, 0) is 38.1 Å². The van der Waals surface area contributed by atoms with E-state index in [0.717, 1.165) is 28.8 Å². The average molecular weight is 288 g/mol. The number of methoxy groups -OCH3 is 1. The standard InChI is InChI=1S/C14H16N4OS/c1-4-18-13(11-5-7-12(19-3)8-6-11)16-17-14(18)20-10(2)9-15/h5-8,10H,4H2,1-3H3/t10-/m1/s1. The molecule has 0 aliphatic carbocycles. The van der Waals surface area contributed by atoms with Crippen molar-refractivity contribution in [3.8, 4) is 23.2 Å². The van der Waals surface area contributed by atoms with Crippen molar-refractivity contribution in [3.63, 3.8) is 0 Å². The molecule has 0 N–H and O–H groups in total. The van der Waals surface area contributed by atoms with Gasteiger partial charge in [0, 0.05) is 12.1 Å². The second kappa shape index (κ2) is 6.44. The Kier molecular flexibility index (Phi) is 4.64. The van der Waals surface area contributed by atoms with E-state index in [0.29, 0.717) is 0 Å². The van der Waals surface area contributed by atoms with E-state index >= 15 is 0 Å². The number of ether oxygens (including phenoxy) is 1. The Morgan fingerprint density at radius 1 is 1.35 bits per heavy atom. The first-order chi connectivity index (χ1) is 9.69. The molecule has 0 aliphatic rings. The monoisotopic (exact) mass is 288 g/mol. The Balaban J connectivity index is 2.34. The smallest absolute Gasteiger partial charge is 0.192 e. The second-order valence-corrected chi connectivity index (χ2v) is 5.48. The molecule has 20 heavy (non-hydrogen) atoms. The normalized spacial score (nSPS) is 11.9. The summed E-state index contributed by atoms with van der Waals surface area (Å²) >= 11 is 1.42. The fourth-order valence-electron chi connectivity index (χ4n) is 1.80. The van der Waals surface area contributed by atoms with Crippen LogP contribution in [-0.4, -0.2) is 27.1 Å². The van der Waals surface area contributed by atoms with E-state index < -0.39 is 0 Å². The Bertz CT molecular complexity index is 615. The van der Waals surface area contributed by atoms with Gasteiger partial charge in [0.25, 0.3) is 0 Å². The van der Waals surface area contributed by atoms with Gasteiger partial charge in [0.2, 0.25) is 0 Å². The van der Waals surface area contributed by atoms with Crippen LogP contribution >= 0.6 is 11.8 Å². The number of thioether (sulfide) groups is 1. The lowest BCUT2D eigenvalue weighted by molar-refractivity contribution is 0.415. The van der Waals surface area contributed by atoms with Crippen LogP contribution in [0, 0.1) is 11.3 Å². The van der Waals surface area contributed by atoms with Gasteiger partial charge in [-0.25, -0.2) is 0 Å². The summed E-state index contributed by atoms with van der Waals surface area (Å²) in [6, 6.07) is 9.90. The van der Waals surface area contributed by atoms with Crippen LogP contribution in [-0.2, 0) is 6.54 Å². The minimum Gasteiger partial charge on any atom is -0.497 e. The Morgan fingerprint density at radius 2 is 2.05 bits per heavy atom. The maximum Gasteiger partial charge on any atom is 0.192 e. The zero-order chi connectivity index (χ0) is 14.5. The minimum atomic E-state index is -0.145. The maximum atomic E-state index is 8.90. The Hall–Kier alpha value is -2.00. The Labute approximate surface area is 122 Å². The van der Waals surface area contributed by atoms with Crippen molar-refractivity contribution in [2.45, 2.75) is 30.8 Å². The predicted molar refractivity (Wildman–Crippen MR) is 78.6 cm³/mol. The lowest BCUT2D eigenvalue weighted by atomic mass is 10.2. The molecule has 0 aliphatic heterocycles. The highest BCUT2D eigenvalue weighted by molar-refractivity contribution is 8.00. The highest BCUT2D eigenvalue weighted by atomic mass is 32.2. The van der Waals surface area contributed by atoms with Gasteiger partial charge in [0.1, 0.15) is 5.75 Å². The van der Waals surface area contributed by atoms with Gasteiger partial charge < -0.3 is 9.30 Å². The summed E-state index contributed by atoms with van der Waals surface area (Å²) in [5, 5.41) is 18.0. The summed E-state index contributed by atoms with van der Waals surface area (Å²) in [4.78, 5) is 0. The molecule has 5 nitrogen and oxygen atoms in total. The fraction of sp³-hybridized carbons (Fsp3) is 0.357. The van der Waals surface area contributed by atoms with Crippen molar-refractivity contribution in [1.82, 2.24) is 14.8 Å². The van der Waals surface area contributed by atoms with Gasteiger partial charge in [0.15, 0.2) is 11.0 Å². The molecule has 0 bridgehead atoms. The van der Waals surface area contributed by atoms with Crippen LogP contribution in [0.2, 0.25) is 0 Å². The molecule has 104 valence electrons. The molecule has 0 saturated heterocycles. The van der Waals surface area contributed by atoms with Crippen LogP contribution < -0.4 is 4.74 Å². The van der Waals surface area contributed by atoms with Gasteiger partial charge in [0.05, 0.1) is 18.4 Å². The quantitative estimate of drug-likeness (QED) is 0.791. The molecule has 0 radical (unpaired) electrons. The topological polar surface area (TPSA) is 63.7 Å². The molecule has 0 fully saturated rings. The number of benzene rings is 1. The van der Waals surface area contributed by atoms with Crippen molar-refractivity contribution in [2.24, 2.45) is 0 Å². The SMILES string of the molecule is CCn1c(S[C@H](C)C#N)nnc1-c1ccc(OC)cc1. The first-order valence-electron chi connectivity index (χ1n) is 6.33. The van der Waals surface area contributed by atoms with Crippen molar-refractivity contribution in [3.05, 3.63) is 24.3 Å². The summed E-state index contributed by atoms with van der Waals surface area (Å²) in [5.41, 5.74) is 0.983. The van der Waals surface area contributed by atoms with Crippen LogP contribution in [0.3, 0.4) is 0 Å². The van der Waals surface area contributed by atoms with Crippen LogP contribution in [0.4, 0.5) is 0 Å². The summed E-state index contributed by atoms with van der Waals surface area (Å²) in [6.07, 6.45) is 0. The highest BCUT2D eigenvalue weighted by Crippen LogP contribution is 2.27. The molecule has 0 spiro atoms. The summed E-state index contributed by atoms with van der Waals surface area (Å²) < 4.78 is 7.17. The van der Waals surface area contributed by atoms with E-state index in [4.69, 9.17) is 10.00 Å². The predicted octanol–water partition coefficient (Wildman–Crippen LogP) is 2.98. The molecule has 6 heteroatoms. The molecule has 2 aromatic rings. The minimum absolute atomic E-state index is 0.145. The fourth-order valence-corrected chi connectivity index (χ4v) is 2.60. The zero-order valence-corrected chi connectivity index (χ0v) is 12.5. The molecule has 1 atom stereocenters. The van der Waals surface area contributed by atoms with E-state index in [2.05, 4.69) is 16.3 Å². The van der Waals surface area contributed by atoms with Crippen LogP contribution in [0.15, 0.2) is 29.4 Å². The third-order valence-corrected chi connectivity index (χ3v) is 3.82. The molecule has 0 amide bonds.